The molecule has 1 amide bonds. The van der Waals surface area contributed by atoms with Gasteiger partial charge < -0.3 is 29.6 Å². The molecule has 0 atom stereocenters. The number of ether oxygens (including phenoxy) is 2. The highest BCUT2D eigenvalue weighted by Crippen LogP contribution is 2.32. The molecule has 1 aliphatic rings. The monoisotopic (exact) mass is 606 g/mol. The number of sulfone groups is 1. The van der Waals surface area contributed by atoms with Crippen molar-refractivity contribution in [2.75, 3.05) is 57.4 Å². The zero-order valence-corrected chi connectivity index (χ0v) is 24.4. The Labute approximate surface area is 242 Å². The van der Waals surface area contributed by atoms with E-state index < -0.39 is 22.6 Å². The van der Waals surface area contributed by atoms with Crippen molar-refractivity contribution in [3.63, 3.8) is 0 Å². The lowest BCUT2D eigenvalue weighted by molar-refractivity contribution is -0.140. The van der Waals surface area contributed by atoms with Gasteiger partial charge in [-0.05, 0) is 49.1 Å². The van der Waals surface area contributed by atoms with Gasteiger partial charge in [-0.2, -0.15) is 13.2 Å². The Hall–Kier alpha value is -3.89. The molecular formula is C29H33F3N4O5S. The largest absolute Gasteiger partial charge is 0.495 e. The second-order valence-electron chi connectivity index (χ2n) is 9.99. The molecule has 2 heterocycles. The maximum atomic E-state index is 13.6. The summed E-state index contributed by atoms with van der Waals surface area (Å²) in [4.78, 5) is 14.0. The first-order valence-electron chi connectivity index (χ1n) is 13.2. The van der Waals surface area contributed by atoms with Crippen molar-refractivity contribution >= 4 is 38.0 Å². The van der Waals surface area contributed by atoms with Crippen LogP contribution in [-0.4, -0.2) is 82.7 Å². The number of carbonyl (C=O) groups is 1. The van der Waals surface area contributed by atoms with Crippen LogP contribution in [0, 0.1) is 11.8 Å². The number of piperidine rings is 1. The number of nitrogens with one attached hydrogen (secondary N) is 2. The zero-order chi connectivity index (χ0) is 30.5. The van der Waals surface area contributed by atoms with Crippen LogP contribution in [0.25, 0.3) is 10.9 Å². The van der Waals surface area contributed by atoms with Crippen LogP contribution in [-0.2, 0) is 25.9 Å². The normalized spacial score (nSPS) is 14.4. The van der Waals surface area contributed by atoms with Crippen molar-refractivity contribution < 1.29 is 35.9 Å². The van der Waals surface area contributed by atoms with E-state index in [2.05, 4.69) is 22.5 Å². The Morgan fingerprint density at radius 1 is 1.10 bits per heavy atom. The van der Waals surface area contributed by atoms with Gasteiger partial charge in [-0.3, -0.25) is 4.79 Å². The second kappa shape index (κ2) is 13.0. The molecule has 1 aromatic heterocycles. The molecular weight excluding hydrogens is 573 g/mol. The standard InChI is InChI=1S/C29H33F3N4O5S/c1-40-18-28(37)35-14-11-20(12-15-35)34-24-7-4-8-26-23(24)16-21(36(26)19-29(30,31)32)6-5-13-33-25-10-9-22(42(3,38)39)17-27(25)41-2/h4,7-10,16-17,20,33-34H,11-15,18-19H2,1-3H3. The number of hydrogen-bond donors (Lipinski definition) is 2. The number of alkyl halides is 3. The fraction of sp³-hybridized carbons (Fsp3) is 0.414. The summed E-state index contributed by atoms with van der Waals surface area (Å²) in [6.07, 6.45) is -1.97. The maximum absolute atomic E-state index is 13.6. The summed E-state index contributed by atoms with van der Waals surface area (Å²) in [6.45, 7) is 0.0467. The van der Waals surface area contributed by atoms with E-state index in [1.165, 1.54) is 26.4 Å². The van der Waals surface area contributed by atoms with E-state index >= 15 is 0 Å². The number of rotatable bonds is 9. The fourth-order valence-electron chi connectivity index (χ4n) is 4.89. The van der Waals surface area contributed by atoms with Gasteiger partial charge in [0.15, 0.2) is 9.84 Å². The van der Waals surface area contributed by atoms with Gasteiger partial charge in [0.2, 0.25) is 5.91 Å². The number of methoxy groups -OCH3 is 2. The average molecular weight is 607 g/mol. The number of halogens is 3. The van der Waals surface area contributed by atoms with Gasteiger partial charge in [0.1, 0.15) is 18.9 Å². The first-order valence-corrected chi connectivity index (χ1v) is 15.1. The molecule has 0 saturated carbocycles. The zero-order valence-electron chi connectivity index (χ0n) is 23.5. The third-order valence-corrected chi connectivity index (χ3v) is 8.05. The van der Waals surface area contributed by atoms with Gasteiger partial charge in [-0.1, -0.05) is 12.0 Å². The Bertz CT molecular complexity index is 1600. The van der Waals surface area contributed by atoms with E-state index in [1.54, 1.807) is 29.2 Å². The molecule has 0 spiro atoms. The number of aromatic nitrogens is 1. The summed E-state index contributed by atoms with van der Waals surface area (Å²) in [5.41, 5.74) is 1.81. The number of amides is 1. The molecule has 226 valence electrons. The molecule has 0 bridgehead atoms. The van der Waals surface area contributed by atoms with E-state index in [1.807, 2.05) is 6.07 Å². The Morgan fingerprint density at radius 2 is 1.83 bits per heavy atom. The summed E-state index contributed by atoms with van der Waals surface area (Å²) in [6, 6.07) is 11.2. The molecule has 3 aromatic rings. The Kier molecular flexibility index (Phi) is 9.58. The lowest BCUT2D eigenvalue weighted by Crippen LogP contribution is -2.43. The van der Waals surface area contributed by atoms with E-state index in [0.717, 1.165) is 10.8 Å². The summed E-state index contributed by atoms with van der Waals surface area (Å²) in [5, 5.41) is 7.10. The SMILES string of the molecule is COCC(=O)N1CCC(Nc2cccc3c2cc(C#CCNc2ccc(S(C)(=O)=O)cc2OC)n3CC(F)(F)F)CC1. The summed E-state index contributed by atoms with van der Waals surface area (Å²) in [5.74, 6) is 5.96. The van der Waals surface area contributed by atoms with Crippen LogP contribution in [0.15, 0.2) is 47.4 Å². The Morgan fingerprint density at radius 3 is 2.48 bits per heavy atom. The number of carbonyl (C=O) groups excluding carboxylic acids is 1. The van der Waals surface area contributed by atoms with Crippen molar-refractivity contribution in [1.82, 2.24) is 9.47 Å². The van der Waals surface area contributed by atoms with Crippen molar-refractivity contribution in [1.29, 1.82) is 0 Å². The summed E-state index contributed by atoms with van der Waals surface area (Å²) >= 11 is 0. The number of nitrogens with zero attached hydrogens (tertiary/aromatic N) is 2. The Balaban J connectivity index is 1.54. The third kappa shape index (κ3) is 7.68. The summed E-state index contributed by atoms with van der Waals surface area (Å²) in [7, 11) is -0.539. The quantitative estimate of drug-likeness (QED) is 0.354. The van der Waals surface area contributed by atoms with Crippen LogP contribution in [0.3, 0.4) is 0 Å². The van der Waals surface area contributed by atoms with Crippen LogP contribution in [0.2, 0.25) is 0 Å². The van der Waals surface area contributed by atoms with Gasteiger partial charge in [-0.25, -0.2) is 8.42 Å². The molecule has 2 aromatic carbocycles. The number of anilines is 2. The minimum absolute atomic E-state index is 0.0342. The highest BCUT2D eigenvalue weighted by Gasteiger charge is 2.30. The highest BCUT2D eigenvalue weighted by atomic mass is 32.2. The molecule has 9 nitrogen and oxygen atoms in total. The molecule has 42 heavy (non-hydrogen) atoms. The fourth-order valence-corrected chi connectivity index (χ4v) is 5.53. The van der Waals surface area contributed by atoms with Crippen LogP contribution in [0.1, 0.15) is 18.5 Å². The lowest BCUT2D eigenvalue weighted by atomic mass is 10.0. The minimum Gasteiger partial charge on any atom is -0.495 e. The number of hydrogen-bond acceptors (Lipinski definition) is 7. The van der Waals surface area contributed by atoms with Crippen molar-refractivity contribution in [3.05, 3.63) is 48.2 Å². The predicted octanol–water partition coefficient (Wildman–Crippen LogP) is 4.13. The molecule has 0 aliphatic carbocycles. The van der Waals surface area contributed by atoms with E-state index in [0.29, 0.717) is 54.0 Å². The van der Waals surface area contributed by atoms with Gasteiger partial charge in [-0.15, -0.1) is 0 Å². The van der Waals surface area contributed by atoms with Crippen LogP contribution < -0.4 is 15.4 Å². The van der Waals surface area contributed by atoms with E-state index in [9.17, 15) is 26.4 Å². The lowest BCUT2D eigenvalue weighted by Gasteiger charge is -2.33. The van der Waals surface area contributed by atoms with Gasteiger partial charge in [0.05, 0.1) is 35.4 Å². The molecule has 1 aliphatic heterocycles. The summed E-state index contributed by atoms with van der Waals surface area (Å²) < 4.78 is 75.7. The average Bonchev–Trinajstić information content (AvgIpc) is 3.27. The van der Waals surface area contributed by atoms with E-state index in [4.69, 9.17) is 9.47 Å². The molecule has 1 saturated heterocycles. The van der Waals surface area contributed by atoms with Crippen molar-refractivity contribution in [2.24, 2.45) is 0 Å². The molecule has 0 radical (unpaired) electrons. The van der Waals surface area contributed by atoms with Crippen LogP contribution in [0.4, 0.5) is 24.5 Å². The predicted molar refractivity (Wildman–Crippen MR) is 155 cm³/mol. The topological polar surface area (TPSA) is 102 Å². The minimum atomic E-state index is -4.46. The smallest absolute Gasteiger partial charge is 0.406 e. The molecule has 0 unspecified atom stereocenters. The number of likely N-dealkylation sites (tertiary alicyclic amines) is 1. The van der Waals surface area contributed by atoms with Gasteiger partial charge >= 0.3 is 6.18 Å². The van der Waals surface area contributed by atoms with Gasteiger partial charge in [0, 0.05) is 49.6 Å². The maximum Gasteiger partial charge on any atom is 0.406 e. The second-order valence-corrected chi connectivity index (χ2v) is 12.0. The third-order valence-electron chi connectivity index (χ3n) is 6.94. The van der Waals surface area contributed by atoms with Crippen LogP contribution >= 0.6 is 0 Å². The van der Waals surface area contributed by atoms with Crippen LogP contribution in [0.5, 0.6) is 5.75 Å². The van der Waals surface area contributed by atoms with Crippen molar-refractivity contribution in [3.8, 4) is 17.6 Å². The first kappa shape index (κ1) is 31.1. The molecule has 13 heteroatoms. The molecule has 2 N–H and O–H groups in total. The first-order chi connectivity index (χ1) is 19.9. The highest BCUT2D eigenvalue weighted by molar-refractivity contribution is 7.90. The van der Waals surface area contributed by atoms with Crippen molar-refractivity contribution in [2.45, 2.75) is 36.5 Å². The molecule has 1 fully saturated rings. The van der Waals surface area contributed by atoms with E-state index in [-0.39, 0.29) is 35.7 Å². The number of fused-ring (bicyclic) bond motifs is 1. The number of benzene rings is 2. The molecule has 4 rings (SSSR count). The van der Waals surface area contributed by atoms with Gasteiger partial charge in [0.25, 0.3) is 0 Å².